The van der Waals surface area contributed by atoms with Crippen LogP contribution in [0.2, 0.25) is 0 Å². The van der Waals surface area contributed by atoms with E-state index < -0.39 is 0 Å². The van der Waals surface area contributed by atoms with Gasteiger partial charge in [-0.2, -0.15) is 9.90 Å². The molecule has 0 aliphatic rings. The summed E-state index contributed by atoms with van der Waals surface area (Å²) in [5, 5.41) is 1.25. The second-order valence-electron chi connectivity index (χ2n) is 0.0583. The molecule has 1 unspecified atom stereocenters. The van der Waals surface area contributed by atoms with Gasteiger partial charge in [-0.1, -0.05) is 0 Å². The van der Waals surface area contributed by atoms with Crippen molar-refractivity contribution in [3.8, 4) is 0 Å². The Bertz CT molecular complexity index is 13.5. The molecule has 0 heterocycles. The topological polar surface area (TPSA) is 9.23 Å². The van der Waals surface area contributed by atoms with Crippen molar-refractivity contribution in [2.24, 2.45) is 0 Å². The van der Waals surface area contributed by atoms with Crippen molar-refractivity contribution in [1.29, 1.82) is 0 Å². The molecule has 8 radical (unpaired) electrons. The van der Waals surface area contributed by atoms with Crippen LogP contribution in [0.3, 0.4) is 0 Å². The van der Waals surface area contributed by atoms with E-state index in [9.17, 15) is 0 Å². The van der Waals surface area contributed by atoms with Crippen LogP contribution in [0.15, 0.2) is 0 Å². The third kappa shape index (κ3) is 38.0. The fourth-order valence-electron chi connectivity index (χ4n) is 0. The smallest absolute Gasteiger partial charge is 0.0209 e. The average Bonchev–Trinajstić information content (AvgIpc) is 0.918. The van der Waals surface area contributed by atoms with E-state index in [2.05, 4.69) is 0 Å². The van der Waals surface area contributed by atoms with Crippen molar-refractivity contribution < 1.29 is 14.2 Å². The van der Waals surface area contributed by atoms with Gasteiger partial charge >= 0.3 is 0 Å². The molecule has 0 fully saturated rings. The van der Waals surface area contributed by atoms with Crippen molar-refractivity contribution in [2.75, 3.05) is 0 Å². The van der Waals surface area contributed by atoms with Gasteiger partial charge in [0.2, 0.25) is 0 Å². The fourth-order valence-corrected chi connectivity index (χ4v) is 0. The summed E-state index contributed by atoms with van der Waals surface area (Å²) in [7, 11) is 0. The van der Waals surface area contributed by atoms with Crippen LogP contribution in [-0.4, -0.2) is 51.2 Å². The maximum absolute atomic E-state index is 9.12. The maximum Gasteiger partial charge on any atom is 0.0209 e. The monoisotopic (exact) mass is 416 g/mol. The normalized spacial score (nSPS) is 3.00. The minimum Gasteiger partial charge on any atom is -0.153 e. The standard InChI is InChI=1S/F2O.H3P.Pb.Sn/c1-3-2;;;/h;1H3;;. The average molecular weight is 414 g/mol. The SMILES string of the molecule is FOF.P.[Pb].[Sn]. The molecule has 6 heteroatoms. The first-order valence-electron chi connectivity index (χ1n) is 0.309. The van der Waals surface area contributed by atoms with Gasteiger partial charge in [0.25, 0.3) is 0 Å². The van der Waals surface area contributed by atoms with Gasteiger partial charge in [-0.3, -0.25) is 0 Å². The summed E-state index contributed by atoms with van der Waals surface area (Å²) in [6.45, 7) is 0. The number of halogens is 2. The molecular weight excluding hydrogens is 411 g/mol. The third-order valence-electron chi connectivity index (χ3n) is 0. The fraction of sp³-hybridized carbons (Fsp3) is 0. The molecule has 0 aromatic heterocycles. The van der Waals surface area contributed by atoms with Crippen molar-refractivity contribution in [3.05, 3.63) is 0 Å². The van der Waals surface area contributed by atoms with Crippen molar-refractivity contribution in [2.45, 2.75) is 0 Å². The predicted octanol–water partition coefficient (Wildman–Crippen LogP) is 0.0685. The molecule has 0 rings (SSSR count). The van der Waals surface area contributed by atoms with Gasteiger partial charge in [0, 0.05) is 56.4 Å². The first kappa shape index (κ1) is 24.6. The first-order chi connectivity index (χ1) is 1.41. The Kier molecular flexibility index (Phi) is 115. The minimum atomic E-state index is 0. The van der Waals surface area contributed by atoms with E-state index in [1.165, 1.54) is 5.15 Å². The predicted molar refractivity (Wildman–Crippen MR) is 25.9 cm³/mol. The molecule has 0 aromatic rings. The molecule has 0 aliphatic carbocycles. The molecule has 0 aliphatic heterocycles. The van der Waals surface area contributed by atoms with Crippen LogP contribution >= 0.6 is 9.90 Å². The molecule has 0 saturated carbocycles. The second kappa shape index (κ2) is 28.2. The molecule has 6 heavy (non-hydrogen) atoms. The van der Waals surface area contributed by atoms with Crippen LogP contribution in [0.5, 0.6) is 0 Å². The van der Waals surface area contributed by atoms with Crippen LogP contribution in [-0.2, 0) is 5.15 Å². The largest absolute Gasteiger partial charge is 0.153 e. The van der Waals surface area contributed by atoms with E-state index in [-0.39, 0.29) is 61.1 Å². The van der Waals surface area contributed by atoms with Gasteiger partial charge in [0.05, 0.1) is 0 Å². The Morgan fingerprint density at radius 1 is 1.17 bits per heavy atom. The van der Waals surface area contributed by atoms with Gasteiger partial charge < -0.3 is 0 Å². The van der Waals surface area contributed by atoms with Crippen molar-refractivity contribution >= 4 is 61.1 Å². The molecule has 1 atom stereocenters. The van der Waals surface area contributed by atoms with Gasteiger partial charge in [0.15, 0.2) is 0 Å². The molecule has 0 bridgehead atoms. The first-order valence-corrected chi connectivity index (χ1v) is 0.309. The Morgan fingerprint density at radius 3 is 1.17 bits per heavy atom. The van der Waals surface area contributed by atoms with Crippen LogP contribution in [0.25, 0.3) is 0 Å². The third-order valence-corrected chi connectivity index (χ3v) is 0. The van der Waals surface area contributed by atoms with Crippen LogP contribution < -0.4 is 0 Å². The zero-order valence-electron chi connectivity index (χ0n) is 2.87. The number of hydrogen-bond donors (Lipinski definition) is 0. The summed E-state index contributed by atoms with van der Waals surface area (Å²) in [4.78, 5) is 0. The van der Waals surface area contributed by atoms with Gasteiger partial charge in [-0.05, 0) is 9.05 Å². The van der Waals surface area contributed by atoms with Crippen molar-refractivity contribution in [3.63, 3.8) is 0 Å². The zero-order valence-corrected chi connectivity index (χ0v) is 11.0. The zero-order chi connectivity index (χ0) is 2.71. The molecular formula is H3F2OPPbSn. The van der Waals surface area contributed by atoms with E-state index in [0.717, 1.165) is 0 Å². The maximum atomic E-state index is 9.12. The summed E-state index contributed by atoms with van der Waals surface area (Å²) in [6, 6.07) is 0. The summed E-state index contributed by atoms with van der Waals surface area (Å²) < 4.78 is 18.2. The van der Waals surface area contributed by atoms with Crippen LogP contribution in [0.4, 0.5) is 9.05 Å². The van der Waals surface area contributed by atoms with Gasteiger partial charge in [-0.25, -0.2) is 0 Å². The van der Waals surface area contributed by atoms with E-state index in [4.69, 9.17) is 9.05 Å². The molecule has 0 amide bonds. The minimum absolute atomic E-state index is 0. The van der Waals surface area contributed by atoms with E-state index in [0.29, 0.717) is 0 Å². The van der Waals surface area contributed by atoms with E-state index in [1.807, 2.05) is 0 Å². The number of rotatable bonds is 0. The Balaban J connectivity index is -0.00000000667. The molecule has 0 saturated heterocycles. The molecule has 0 N–H and O–H groups in total. The summed E-state index contributed by atoms with van der Waals surface area (Å²) in [5.74, 6) is 0. The van der Waals surface area contributed by atoms with E-state index in [1.54, 1.807) is 0 Å². The second-order valence-corrected chi connectivity index (χ2v) is 0.0583. The number of hydrogen-bond acceptors (Lipinski definition) is 1. The Hall–Kier alpha value is 1.97. The molecule has 1 nitrogen and oxygen atoms in total. The van der Waals surface area contributed by atoms with Crippen LogP contribution in [0.1, 0.15) is 0 Å². The molecule has 0 aromatic carbocycles. The quantitative estimate of drug-likeness (QED) is 0.403. The molecule has 36 valence electrons. The van der Waals surface area contributed by atoms with Gasteiger partial charge in [0.1, 0.15) is 0 Å². The van der Waals surface area contributed by atoms with Crippen LogP contribution in [0, 0.1) is 0 Å². The van der Waals surface area contributed by atoms with Gasteiger partial charge in [-0.15, -0.1) is 0 Å². The van der Waals surface area contributed by atoms with Crippen molar-refractivity contribution in [1.82, 2.24) is 0 Å². The summed E-state index contributed by atoms with van der Waals surface area (Å²) in [5.41, 5.74) is 0. The molecule has 0 spiro atoms. The summed E-state index contributed by atoms with van der Waals surface area (Å²) >= 11 is 0. The Labute approximate surface area is 74.7 Å². The summed E-state index contributed by atoms with van der Waals surface area (Å²) in [6.07, 6.45) is 0. The Morgan fingerprint density at radius 2 is 1.17 bits per heavy atom. The van der Waals surface area contributed by atoms with E-state index >= 15 is 0 Å².